The van der Waals surface area contributed by atoms with Gasteiger partial charge in [-0.2, -0.15) is 0 Å². The molecule has 0 saturated carbocycles. The van der Waals surface area contributed by atoms with Crippen molar-refractivity contribution in [1.29, 1.82) is 0 Å². The van der Waals surface area contributed by atoms with Crippen LogP contribution < -0.4 is 4.74 Å². The number of carbonyl (C=O) groups is 1. The minimum absolute atomic E-state index is 0.167. The Morgan fingerprint density at radius 2 is 2.25 bits per heavy atom. The van der Waals surface area contributed by atoms with E-state index in [1.165, 1.54) is 0 Å². The molecule has 0 spiro atoms. The summed E-state index contributed by atoms with van der Waals surface area (Å²) in [6, 6.07) is 5.58. The monoisotopic (exact) mass is 218 g/mol. The summed E-state index contributed by atoms with van der Waals surface area (Å²) < 4.78 is 5.19. The quantitative estimate of drug-likeness (QED) is 0.414. The Balaban J connectivity index is 2.72. The normalized spacial score (nSPS) is 9.88. The number of benzene rings is 1. The average molecular weight is 218 g/mol. The second kappa shape index (κ2) is 6.11. The smallest absolute Gasteiger partial charge is 0.163 e. The molecule has 0 N–H and O–H groups in total. The number of unbranched alkanes of at least 4 members (excludes halogenated alkanes) is 1. The molecule has 0 radical (unpaired) electrons. The maximum atomic E-state index is 11.8. The number of carbonyl (C=O) groups excluding carboxylic acids is 1. The van der Waals surface area contributed by atoms with Crippen molar-refractivity contribution in [3.63, 3.8) is 0 Å². The fourth-order valence-corrected chi connectivity index (χ4v) is 1.54. The van der Waals surface area contributed by atoms with E-state index in [4.69, 9.17) is 4.74 Å². The van der Waals surface area contributed by atoms with Gasteiger partial charge in [0.25, 0.3) is 0 Å². The van der Waals surface area contributed by atoms with E-state index in [-0.39, 0.29) is 5.78 Å². The van der Waals surface area contributed by atoms with E-state index in [2.05, 4.69) is 6.58 Å². The van der Waals surface area contributed by atoms with Gasteiger partial charge in [-0.3, -0.25) is 4.79 Å². The minimum Gasteiger partial charge on any atom is -0.496 e. The van der Waals surface area contributed by atoms with Crippen molar-refractivity contribution in [2.24, 2.45) is 0 Å². The summed E-state index contributed by atoms with van der Waals surface area (Å²) in [7, 11) is 1.62. The number of ether oxygens (including phenoxy) is 1. The Labute approximate surface area is 96.9 Å². The first-order chi connectivity index (χ1) is 7.69. The lowest BCUT2D eigenvalue weighted by Crippen LogP contribution is -2.00. The highest BCUT2D eigenvalue weighted by molar-refractivity contribution is 5.96. The van der Waals surface area contributed by atoms with Crippen molar-refractivity contribution < 1.29 is 9.53 Å². The summed E-state index contributed by atoms with van der Waals surface area (Å²) in [6.45, 7) is 5.60. The van der Waals surface area contributed by atoms with Gasteiger partial charge in [0.05, 0.1) is 7.11 Å². The Bertz CT molecular complexity index is 380. The lowest BCUT2D eigenvalue weighted by molar-refractivity contribution is 0.0980. The Morgan fingerprint density at radius 3 is 2.88 bits per heavy atom. The first-order valence-electron chi connectivity index (χ1n) is 5.47. The zero-order chi connectivity index (χ0) is 12.0. The molecule has 0 heterocycles. The number of aryl methyl sites for hydroxylation is 1. The van der Waals surface area contributed by atoms with Gasteiger partial charge in [0.2, 0.25) is 0 Å². The SMILES string of the molecule is C=CCCCC(=O)c1ccc(C)c(OC)c1. The van der Waals surface area contributed by atoms with Crippen LogP contribution in [0.3, 0.4) is 0 Å². The van der Waals surface area contributed by atoms with E-state index in [1.54, 1.807) is 7.11 Å². The van der Waals surface area contributed by atoms with Gasteiger partial charge in [-0.1, -0.05) is 18.2 Å². The minimum atomic E-state index is 0.167. The molecular formula is C14H18O2. The summed E-state index contributed by atoms with van der Waals surface area (Å²) in [5, 5.41) is 0. The van der Waals surface area contributed by atoms with Crippen LogP contribution in [0.1, 0.15) is 35.2 Å². The Morgan fingerprint density at radius 1 is 1.50 bits per heavy atom. The van der Waals surface area contributed by atoms with Crippen molar-refractivity contribution in [1.82, 2.24) is 0 Å². The number of methoxy groups -OCH3 is 1. The standard InChI is InChI=1S/C14H18O2/c1-4-5-6-7-13(15)12-9-8-11(2)14(10-12)16-3/h4,8-10H,1,5-7H2,2-3H3. The summed E-state index contributed by atoms with van der Waals surface area (Å²) >= 11 is 0. The molecule has 0 aliphatic heterocycles. The molecule has 1 aromatic rings. The maximum Gasteiger partial charge on any atom is 0.163 e. The lowest BCUT2D eigenvalue weighted by atomic mass is 10.0. The van der Waals surface area contributed by atoms with Crippen LogP contribution in [-0.2, 0) is 0 Å². The fraction of sp³-hybridized carbons (Fsp3) is 0.357. The third-order valence-electron chi connectivity index (χ3n) is 2.54. The van der Waals surface area contributed by atoms with Crippen molar-refractivity contribution in [3.8, 4) is 5.75 Å². The van der Waals surface area contributed by atoms with Crippen molar-refractivity contribution >= 4 is 5.78 Å². The zero-order valence-corrected chi connectivity index (χ0v) is 9.95. The van der Waals surface area contributed by atoms with Gasteiger partial charge >= 0.3 is 0 Å². The number of ketones is 1. The lowest BCUT2D eigenvalue weighted by Gasteiger charge is -2.06. The molecule has 2 nitrogen and oxygen atoms in total. The van der Waals surface area contributed by atoms with E-state index >= 15 is 0 Å². The highest BCUT2D eigenvalue weighted by Gasteiger charge is 2.07. The number of Topliss-reactive ketones (excluding diaryl/α,β-unsaturated/α-hetero) is 1. The summed E-state index contributed by atoms with van der Waals surface area (Å²) in [5.74, 6) is 0.940. The largest absolute Gasteiger partial charge is 0.496 e. The van der Waals surface area contributed by atoms with Crippen LogP contribution in [0.4, 0.5) is 0 Å². The molecule has 0 fully saturated rings. The Hall–Kier alpha value is -1.57. The molecule has 0 bridgehead atoms. The van der Waals surface area contributed by atoms with Gasteiger partial charge in [-0.15, -0.1) is 6.58 Å². The van der Waals surface area contributed by atoms with Gasteiger partial charge < -0.3 is 4.74 Å². The first kappa shape index (κ1) is 12.5. The predicted octanol–water partition coefficient (Wildman–Crippen LogP) is 3.54. The molecule has 0 saturated heterocycles. The van der Waals surface area contributed by atoms with Crippen LogP contribution in [0.5, 0.6) is 5.75 Å². The van der Waals surface area contributed by atoms with Gasteiger partial charge in [0.15, 0.2) is 5.78 Å². The second-order valence-corrected chi connectivity index (χ2v) is 3.79. The van der Waals surface area contributed by atoms with Crippen molar-refractivity contribution in [2.45, 2.75) is 26.2 Å². The number of hydrogen-bond acceptors (Lipinski definition) is 2. The van der Waals surface area contributed by atoms with Crippen molar-refractivity contribution in [3.05, 3.63) is 42.0 Å². The van der Waals surface area contributed by atoms with Gasteiger partial charge in [0.1, 0.15) is 5.75 Å². The Kier molecular flexibility index (Phi) is 4.77. The summed E-state index contributed by atoms with van der Waals surface area (Å²) in [5.41, 5.74) is 1.77. The zero-order valence-electron chi connectivity index (χ0n) is 9.95. The molecule has 1 aromatic carbocycles. The van der Waals surface area contributed by atoms with Gasteiger partial charge in [0, 0.05) is 12.0 Å². The van der Waals surface area contributed by atoms with Crippen LogP contribution in [-0.4, -0.2) is 12.9 Å². The van der Waals surface area contributed by atoms with Crippen LogP contribution in [0.25, 0.3) is 0 Å². The number of rotatable bonds is 6. The number of allylic oxidation sites excluding steroid dienone is 1. The van der Waals surface area contributed by atoms with Crippen LogP contribution >= 0.6 is 0 Å². The van der Waals surface area contributed by atoms with Gasteiger partial charge in [-0.25, -0.2) is 0 Å². The van der Waals surface area contributed by atoms with Crippen molar-refractivity contribution in [2.75, 3.05) is 7.11 Å². The number of hydrogen-bond donors (Lipinski definition) is 0. The summed E-state index contributed by atoms with van der Waals surface area (Å²) in [6.07, 6.45) is 4.15. The molecular weight excluding hydrogens is 200 g/mol. The molecule has 16 heavy (non-hydrogen) atoms. The highest BCUT2D eigenvalue weighted by Crippen LogP contribution is 2.20. The van der Waals surface area contributed by atoms with E-state index in [0.717, 1.165) is 29.7 Å². The molecule has 0 unspecified atom stereocenters. The topological polar surface area (TPSA) is 26.3 Å². The second-order valence-electron chi connectivity index (χ2n) is 3.79. The average Bonchev–Trinajstić information content (AvgIpc) is 2.30. The fourth-order valence-electron chi connectivity index (χ4n) is 1.54. The van der Waals surface area contributed by atoms with E-state index in [0.29, 0.717) is 6.42 Å². The maximum absolute atomic E-state index is 11.8. The molecule has 0 aromatic heterocycles. The molecule has 0 aliphatic rings. The predicted molar refractivity (Wildman–Crippen MR) is 66.1 cm³/mol. The van der Waals surface area contributed by atoms with Crippen LogP contribution in [0.2, 0.25) is 0 Å². The third kappa shape index (κ3) is 3.23. The van der Waals surface area contributed by atoms with Gasteiger partial charge in [-0.05, 0) is 31.4 Å². The van der Waals surface area contributed by atoms with E-state index in [9.17, 15) is 4.79 Å². The summed E-state index contributed by atoms with van der Waals surface area (Å²) in [4.78, 5) is 11.8. The van der Waals surface area contributed by atoms with Crippen LogP contribution in [0, 0.1) is 6.92 Å². The van der Waals surface area contributed by atoms with E-state index in [1.807, 2.05) is 31.2 Å². The highest BCUT2D eigenvalue weighted by atomic mass is 16.5. The first-order valence-corrected chi connectivity index (χ1v) is 5.47. The van der Waals surface area contributed by atoms with E-state index < -0.39 is 0 Å². The van der Waals surface area contributed by atoms with Crippen LogP contribution in [0.15, 0.2) is 30.9 Å². The molecule has 0 aliphatic carbocycles. The molecule has 2 heteroatoms. The molecule has 1 rings (SSSR count). The molecule has 0 amide bonds. The molecule has 86 valence electrons. The third-order valence-corrected chi connectivity index (χ3v) is 2.54. The molecule has 0 atom stereocenters.